The molecule has 0 aromatic heterocycles. The molecule has 0 atom stereocenters. The molecule has 0 unspecified atom stereocenters. The molecule has 1 aliphatic rings. The van der Waals surface area contributed by atoms with Crippen molar-refractivity contribution in [3.8, 4) is 0 Å². The zero-order valence-corrected chi connectivity index (χ0v) is 8.89. The van der Waals surface area contributed by atoms with Crippen LogP contribution < -0.4 is 0 Å². The molecule has 0 radical (unpaired) electrons. The van der Waals surface area contributed by atoms with Gasteiger partial charge in [0.2, 0.25) is 6.08 Å². The van der Waals surface area contributed by atoms with Crippen LogP contribution in [0.2, 0.25) is 0 Å². The van der Waals surface area contributed by atoms with E-state index in [-0.39, 0.29) is 0 Å². The van der Waals surface area contributed by atoms with E-state index in [2.05, 4.69) is 4.99 Å². The van der Waals surface area contributed by atoms with Gasteiger partial charge in [-0.3, -0.25) is 0 Å². The molecule has 0 N–H and O–H groups in total. The van der Waals surface area contributed by atoms with E-state index in [9.17, 15) is 13.6 Å². The Balaban J connectivity index is 2.53. The van der Waals surface area contributed by atoms with Gasteiger partial charge in [0.15, 0.2) is 0 Å². The molecule has 0 amide bonds. The van der Waals surface area contributed by atoms with E-state index in [1.807, 2.05) is 0 Å². The maximum Gasteiger partial charge on any atom is 0.235 e. The molecule has 0 spiro atoms. The monoisotopic (exact) mass is 223 g/mol. The Morgan fingerprint density at radius 3 is 2.56 bits per heavy atom. The standard InChI is InChI=1S/C12H11F2NO/c1-2-8-5-9(11(14)6-10(8)13)12(3-4-12)15-7-16/h5-6H,2-4H2,1H3. The number of aliphatic imine (C=N–C) groups is 1. The van der Waals surface area contributed by atoms with Crippen LogP contribution in [0.5, 0.6) is 0 Å². The minimum atomic E-state index is -0.774. The number of aryl methyl sites for hydroxylation is 1. The van der Waals surface area contributed by atoms with Gasteiger partial charge in [0.1, 0.15) is 17.2 Å². The summed E-state index contributed by atoms with van der Waals surface area (Å²) in [6.45, 7) is 1.79. The Hall–Kier alpha value is -1.54. The first-order valence-electron chi connectivity index (χ1n) is 5.20. The van der Waals surface area contributed by atoms with Crippen LogP contribution in [0.25, 0.3) is 0 Å². The van der Waals surface area contributed by atoms with E-state index in [0.717, 1.165) is 6.07 Å². The normalized spacial score (nSPS) is 16.7. The molecule has 84 valence electrons. The first kappa shape index (κ1) is 11.0. The predicted octanol–water partition coefficient (Wildman–Crippen LogP) is 2.85. The molecule has 2 rings (SSSR count). The summed E-state index contributed by atoms with van der Waals surface area (Å²) in [6.07, 6.45) is 3.19. The fourth-order valence-corrected chi connectivity index (χ4v) is 1.87. The summed E-state index contributed by atoms with van der Waals surface area (Å²) in [5.74, 6) is -1.18. The first-order valence-corrected chi connectivity index (χ1v) is 5.20. The lowest BCUT2D eigenvalue weighted by Crippen LogP contribution is -2.07. The highest BCUT2D eigenvalue weighted by Gasteiger charge is 2.47. The van der Waals surface area contributed by atoms with Gasteiger partial charge in [0, 0.05) is 11.6 Å². The Morgan fingerprint density at radius 2 is 2.06 bits per heavy atom. The van der Waals surface area contributed by atoms with Gasteiger partial charge in [-0.05, 0) is 30.9 Å². The van der Waals surface area contributed by atoms with Crippen LogP contribution in [0.3, 0.4) is 0 Å². The zero-order chi connectivity index (χ0) is 11.8. The van der Waals surface area contributed by atoms with Crippen LogP contribution in [0.15, 0.2) is 17.1 Å². The van der Waals surface area contributed by atoms with Gasteiger partial charge < -0.3 is 0 Å². The fraction of sp³-hybridized carbons (Fsp3) is 0.417. The van der Waals surface area contributed by atoms with Crippen molar-refractivity contribution in [2.75, 3.05) is 0 Å². The number of benzene rings is 1. The smallest absolute Gasteiger partial charge is 0.211 e. The second-order valence-corrected chi connectivity index (χ2v) is 4.01. The summed E-state index contributed by atoms with van der Waals surface area (Å²) >= 11 is 0. The average Bonchev–Trinajstić information content (AvgIpc) is 2.99. The molecule has 4 heteroatoms. The van der Waals surface area contributed by atoms with Crippen molar-refractivity contribution in [3.05, 3.63) is 34.9 Å². The fourth-order valence-electron chi connectivity index (χ4n) is 1.87. The molecule has 1 aromatic carbocycles. The lowest BCUT2D eigenvalue weighted by atomic mass is 10.00. The second kappa shape index (κ2) is 3.80. The van der Waals surface area contributed by atoms with Crippen molar-refractivity contribution < 1.29 is 13.6 Å². The number of isocyanates is 1. The number of carbonyl (C=O) groups excluding carboxylic acids is 1. The van der Waals surface area contributed by atoms with Crippen LogP contribution in [0.4, 0.5) is 8.78 Å². The van der Waals surface area contributed by atoms with Gasteiger partial charge in [0.05, 0.1) is 0 Å². The van der Waals surface area contributed by atoms with Crippen LogP contribution >= 0.6 is 0 Å². The molecular weight excluding hydrogens is 212 g/mol. The molecule has 0 aliphatic heterocycles. The van der Waals surface area contributed by atoms with E-state index in [1.54, 1.807) is 6.92 Å². The topological polar surface area (TPSA) is 29.4 Å². The largest absolute Gasteiger partial charge is 0.235 e. The number of rotatable bonds is 3. The molecule has 0 bridgehead atoms. The summed E-state index contributed by atoms with van der Waals surface area (Å²) < 4.78 is 26.9. The van der Waals surface area contributed by atoms with Crippen molar-refractivity contribution in [1.29, 1.82) is 0 Å². The molecule has 0 heterocycles. The summed E-state index contributed by atoms with van der Waals surface area (Å²) in [7, 11) is 0. The molecule has 1 saturated carbocycles. The third-order valence-corrected chi connectivity index (χ3v) is 3.00. The minimum absolute atomic E-state index is 0.314. The summed E-state index contributed by atoms with van der Waals surface area (Å²) in [4.78, 5) is 13.9. The maximum atomic E-state index is 13.6. The second-order valence-electron chi connectivity index (χ2n) is 4.01. The van der Waals surface area contributed by atoms with Crippen LogP contribution in [-0.2, 0) is 16.8 Å². The number of hydrogen-bond acceptors (Lipinski definition) is 2. The molecule has 1 fully saturated rings. The van der Waals surface area contributed by atoms with Gasteiger partial charge in [-0.25, -0.2) is 13.6 Å². The first-order chi connectivity index (χ1) is 7.63. The van der Waals surface area contributed by atoms with Gasteiger partial charge in [-0.15, -0.1) is 0 Å². The van der Waals surface area contributed by atoms with Crippen molar-refractivity contribution in [2.45, 2.75) is 31.7 Å². The number of hydrogen-bond donors (Lipinski definition) is 0. The van der Waals surface area contributed by atoms with Crippen LogP contribution in [0, 0.1) is 11.6 Å². The van der Waals surface area contributed by atoms with E-state index >= 15 is 0 Å². The lowest BCUT2D eigenvalue weighted by Gasteiger charge is -2.11. The molecule has 0 saturated heterocycles. The van der Waals surface area contributed by atoms with E-state index in [0.29, 0.717) is 30.4 Å². The van der Waals surface area contributed by atoms with Crippen LogP contribution in [-0.4, -0.2) is 6.08 Å². The summed E-state index contributed by atoms with van der Waals surface area (Å²) in [5.41, 5.74) is -0.0124. The van der Waals surface area contributed by atoms with Crippen molar-refractivity contribution in [2.24, 2.45) is 4.99 Å². The molecule has 2 nitrogen and oxygen atoms in total. The van der Waals surface area contributed by atoms with E-state index in [1.165, 1.54) is 12.1 Å². The van der Waals surface area contributed by atoms with Gasteiger partial charge in [-0.1, -0.05) is 6.92 Å². The quantitative estimate of drug-likeness (QED) is 0.572. The van der Waals surface area contributed by atoms with E-state index in [4.69, 9.17) is 0 Å². The Bertz CT molecular complexity index is 474. The number of nitrogens with zero attached hydrogens (tertiary/aromatic N) is 1. The maximum absolute atomic E-state index is 13.6. The molecule has 1 aromatic rings. The third-order valence-electron chi connectivity index (χ3n) is 3.00. The third kappa shape index (κ3) is 1.65. The molecule has 16 heavy (non-hydrogen) atoms. The van der Waals surface area contributed by atoms with E-state index < -0.39 is 17.2 Å². The lowest BCUT2D eigenvalue weighted by molar-refractivity contribution is 0.536. The van der Waals surface area contributed by atoms with Gasteiger partial charge >= 0.3 is 0 Å². The minimum Gasteiger partial charge on any atom is -0.211 e. The highest BCUT2D eigenvalue weighted by Crippen LogP contribution is 2.50. The predicted molar refractivity (Wildman–Crippen MR) is 54.8 cm³/mol. The number of halogens is 2. The van der Waals surface area contributed by atoms with Gasteiger partial charge in [-0.2, -0.15) is 4.99 Å². The molecule has 1 aliphatic carbocycles. The SMILES string of the molecule is CCc1cc(C2(N=C=O)CC2)c(F)cc1F. The Morgan fingerprint density at radius 1 is 1.38 bits per heavy atom. The summed E-state index contributed by atoms with van der Waals surface area (Å²) in [6, 6.07) is 2.34. The summed E-state index contributed by atoms with van der Waals surface area (Å²) in [5, 5.41) is 0. The average molecular weight is 223 g/mol. The van der Waals surface area contributed by atoms with Crippen molar-refractivity contribution in [1.82, 2.24) is 0 Å². The van der Waals surface area contributed by atoms with Gasteiger partial charge in [0.25, 0.3) is 0 Å². The molecular formula is C12H11F2NO. The highest BCUT2D eigenvalue weighted by atomic mass is 19.1. The van der Waals surface area contributed by atoms with Crippen molar-refractivity contribution in [3.63, 3.8) is 0 Å². The zero-order valence-electron chi connectivity index (χ0n) is 8.89. The van der Waals surface area contributed by atoms with Crippen molar-refractivity contribution >= 4 is 6.08 Å². The Kier molecular flexibility index (Phi) is 2.60. The Labute approximate surface area is 92.0 Å². The van der Waals surface area contributed by atoms with Crippen LogP contribution in [0.1, 0.15) is 30.9 Å². The highest BCUT2D eigenvalue weighted by molar-refractivity contribution is 5.43.